The van der Waals surface area contributed by atoms with Crippen molar-refractivity contribution in [1.82, 2.24) is 10.6 Å². The summed E-state index contributed by atoms with van der Waals surface area (Å²) >= 11 is 0. The van der Waals surface area contributed by atoms with Crippen molar-refractivity contribution >= 4 is 17.7 Å². The summed E-state index contributed by atoms with van der Waals surface area (Å²) in [4.78, 5) is 18.9. The molecule has 0 radical (unpaired) electrons. The number of hydrogen-bond acceptors (Lipinski definition) is 6. The van der Waals surface area contributed by atoms with E-state index in [4.69, 9.17) is 5.73 Å². The molecule has 1 amide bonds. The predicted octanol–water partition coefficient (Wildman–Crippen LogP) is -2.88. The van der Waals surface area contributed by atoms with Crippen LogP contribution in [-0.2, 0) is 4.79 Å². The van der Waals surface area contributed by atoms with Crippen LogP contribution in [0.15, 0.2) is 9.98 Å². The lowest BCUT2D eigenvalue weighted by atomic mass is 10.1. The van der Waals surface area contributed by atoms with Crippen LogP contribution in [0.4, 0.5) is 0 Å². The third kappa shape index (κ3) is 1.09. The minimum Gasteiger partial charge on any atom is -0.369 e. The monoisotopic (exact) mass is 183 g/mol. The summed E-state index contributed by atoms with van der Waals surface area (Å²) in [5.74, 6) is -0.657. The molecule has 70 valence electrons. The molecule has 0 bridgehead atoms. The molecule has 2 heterocycles. The zero-order valence-corrected chi connectivity index (χ0v) is 6.74. The molecule has 0 saturated carbocycles. The Morgan fingerprint density at radius 3 is 3.15 bits per heavy atom. The lowest BCUT2D eigenvalue weighted by molar-refractivity contribution is -0.135. The number of nitrogens with zero attached hydrogens (tertiary/aromatic N) is 2. The SMILES string of the molecule is NC1=NC2=NCCN[C@@]2(O)C(=O)N1. The second-order valence-corrected chi connectivity index (χ2v) is 2.79. The summed E-state index contributed by atoms with van der Waals surface area (Å²) in [5.41, 5.74) is 3.48. The Bertz CT molecular complexity index is 323. The number of fused-ring (bicyclic) bond motifs is 1. The highest BCUT2D eigenvalue weighted by Gasteiger charge is 2.46. The Hall–Kier alpha value is -1.47. The van der Waals surface area contributed by atoms with Gasteiger partial charge in [0.2, 0.25) is 5.96 Å². The molecular weight excluding hydrogens is 174 g/mol. The van der Waals surface area contributed by atoms with Crippen molar-refractivity contribution in [2.75, 3.05) is 13.1 Å². The van der Waals surface area contributed by atoms with E-state index in [9.17, 15) is 9.90 Å². The average Bonchev–Trinajstić information content (AvgIpc) is 2.07. The molecule has 0 aliphatic carbocycles. The number of aliphatic hydroxyl groups is 1. The predicted molar refractivity (Wildman–Crippen MR) is 45.0 cm³/mol. The lowest BCUT2D eigenvalue weighted by Crippen LogP contribution is -2.68. The first-order valence-electron chi connectivity index (χ1n) is 3.81. The highest BCUT2D eigenvalue weighted by molar-refractivity contribution is 6.21. The zero-order valence-electron chi connectivity index (χ0n) is 6.74. The van der Waals surface area contributed by atoms with Crippen molar-refractivity contribution in [2.24, 2.45) is 15.7 Å². The number of guanidine groups is 1. The maximum atomic E-state index is 11.3. The van der Waals surface area contributed by atoms with E-state index in [0.29, 0.717) is 13.1 Å². The number of rotatable bonds is 0. The molecule has 2 rings (SSSR count). The van der Waals surface area contributed by atoms with Gasteiger partial charge in [0.05, 0.1) is 6.54 Å². The highest BCUT2D eigenvalue weighted by atomic mass is 16.3. The zero-order chi connectivity index (χ0) is 9.47. The summed E-state index contributed by atoms with van der Waals surface area (Å²) < 4.78 is 0. The standard InChI is InChI=1S/C6H9N5O2/c7-5-10-3-6(13,4(12)11-5)9-2-1-8-3/h9,13H,1-2H2,(H3,7,8,10,11,12)/t6-/m0/s1. The molecule has 0 aromatic carbocycles. The van der Waals surface area contributed by atoms with Crippen molar-refractivity contribution in [1.29, 1.82) is 0 Å². The maximum Gasteiger partial charge on any atom is 0.282 e. The maximum absolute atomic E-state index is 11.3. The largest absolute Gasteiger partial charge is 0.369 e. The molecule has 2 aliphatic heterocycles. The quantitative estimate of drug-likeness (QED) is 0.323. The molecule has 2 aliphatic rings. The van der Waals surface area contributed by atoms with Gasteiger partial charge < -0.3 is 10.8 Å². The fraction of sp³-hybridized carbons (Fsp3) is 0.500. The number of carbonyl (C=O) groups is 1. The summed E-state index contributed by atoms with van der Waals surface area (Å²) in [6.45, 7) is 0.907. The third-order valence-electron chi connectivity index (χ3n) is 1.87. The number of amidine groups is 1. The molecule has 0 spiro atoms. The van der Waals surface area contributed by atoms with Gasteiger partial charge >= 0.3 is 0 Å². The lowest BCUT2D eigenvalue weighted by Gasteiger charge is -2.32. The molecule has 5 N–H and O–H groups in total. The Morgan fingerprint density at radius 1 is 1.62 bits per heavy atom. The van der Waals surface area contributed by atoms with Gasteiger partial charge in [0.15, 0.2) is 5.84 Å². The Kier molecular flexibility index (Phi) is 1.57. The fourth-order valence-corrected chi connectivity index (χ4v) is 1.24. The number of nitrogens with one attached hydrogen (secondary N) is 2. The third-order valence-corrected chi connectivity index (χ3v) is 1.87. The van der Waals surface area contributed by atoms with E-state index in [1.54, 1.807) is 0 Å². The summed E-state index contributed by atoms with van der Waals surface area (Å²) in [6.07, 6.45) is 0. The van der Waals surface area contributed by atoms with Crippen molar-refractivity contribution < 1.29 is 9.90 Å². The van der Waals surface area contributed by atoms with Gasteiger partial charge in [0.25, 0.3) is 11.6 Å². The summed E-state index contributed by atoms with van der Waals surface area (Å²) in [7, 11) is 0. The second kappa shape index (κ2) is 2.51. The molecule has 7 heteroatoms. The van der Waals surface area contributed by atoms with E-state index in [1.165, 1.54) is 0 Å². The number of hydrogen-bond donors (Lipinski definition) is 4. The van der Waals surface area contributed by atoms with E-state index in [-0.39, 0.29) is 11.8 Å². The van der Waals surface area contributed by atoms with Gasteiger partial charge in [-0.15, -0.1) is 0 Å². The van der Waals surface area contributed by atoms with Gasteiger partial charge in [-0.25, -0.2) is 0 Å². The molecule has 0 fully saturated rings. The van der Waals surface area contributed by atoms with E-state index >= 15 is 0 Å². The minimum atomic E-state index is -1.80. The number of carbonyl (C=O) groups excluding carboxylic acids is 1. The Labute approximate surface area is 73.7 Å². The van der Waals surface area contributed by atoms with E-state index in [2.05, 4.69) is 20.6 Å². The summed E-state index contributed by atoms with van der Waals surface area (Å²) in [5, 5.41) is 14.6. The Morgan fingerprint density at radius 2 is 2.38 bits per heavy atom. The smallest absolute Gasteiger partial charge is 0.282 e. The topological polar surface area (TPSA) is 112 Å². The average molecular weight is 183 g/mol. The van der Waals surface area contributed by atoms with Crippen LogP contribution in [0.1, 0.15) is 0 Å². The first kappa shape index (κ1) is 8.14. The Balaban J connectivity index is 2.47. The van der Waals surface area contributed by atoms with Crippen molar-refractivity contribution in [3.05, 3.63) is 0 Å². The van der Waals surface area contributed by atoms with Crippen molar-refractivity contribution in [3.8, 4) is 0 Å². The molecule has 1 atom stereocenters. The second-order valence-electron chi connectivity index (χ2n) is 2.79. The van der Waals surface area contributed by atoms with E-state index < -0.39 is 11.6 Å². The first-order chi connectivity index (χ1) is 6.13. The van der Waals surface area contributed by atoms with Gasteiger partial charge in [0.1, 0.15) is 0 Å². The van der Waals surface area contributed by atoms with Gasteiger partial charge in [-0.3, -0.25) is 20.4 Å². The van der Waals surface area contributed by atoms with Gasteiger partial charge in [-0.05, 0) is 0 Å². The summed E-state index contributed by atoms with van der Waals surface area (Å²) in [6, 6.07) is 0. The van der Waals surface area contributed by atoms with Crippen LogP contribution in [0.2, 0.25) is 0 Å². The highest BCUT2D eigenvalue weighted by Crippen LogP contribution is 2.11. The molecule has 0 saturated heterocycles. The van der Waals surface area contributed by atoms with E-state index in [1.807, 2.05) is 0 Å². The van der Waals surface area contributed by atoms with Gasteiger partial charge in [-0.2, -0.15) is 4.99 Å². The molecule has 13 heavy (non-hydrogen) atoms. The van der Waals surface area contributed by atoms with E-state index in [0.717, 1.165) is 0 Å². The molecule has 0 aromatic rings. The van der Waals surface area contributed by atoms with Crippen LogP contribution >= 0.6 is 0 Å². The van der Waals surface area contributed by atoms with Gasteiger partial charge in [-0.1, -0.05) is 0 Å². The van der Waals surface area contributed by atoms with Gasteiger partial charge in [0, 0.05) is 6.54 Å². The van der Waals surface area contributed by atoms with Crippen LogP contribution in [0.5, 0.6) is 0 Å². The fourth-order valence-electron chi connectivity index (χ4n) is 1.24. The normalized spacial score (nSPS) is 32.8. The molecular formula is C6H9N5O2. The van der Waals surface area contributed by atoms with Crippen molar-refractivity contribution in [3.63, 3.8) is 0 Å². The number of nitrogens with two attached hydrogens (primary N) is 1. The van der Waals surface area contributed by atoms with Crippen molar-refractivity contribution in [2.45, 2.75) is 5.72 Å². The van der Waals surface area contributed by atoms with Crippen LogP contribution in [0.3, 0.4) is 0 Å². The number of amides is 1. The van der Waals surface area contributed by atoms with Crippen LogP contribution < -0.4 is 16.4 Å². The minimum absolute atomic E-state index is 0.0278. The molecule has 0 aromatic heterocycles. The number of aliphatic imine (C=N–C) groups is 2. The molecule has 0 unspecified atom stereocenters. The van der Waals surface area contributed by atoms with Crippen LogP contribution in [0.25, 0.3) is 0 Å². The molecule has 7 nitrogen and oxygen atoms in total. The first-order valence-corrected chi connectivity index (χ1v) is 3.81. The van der Waals surface area contributed by atoms with Crippen LogP contribution in [-0.4, -0.2) is 41.6 Å². The van der Waals surface area contributed by atoms with Crippen LogP contribution in [0, 0.1) is 0 Å².